The first-order valence-electron chi connectivity index (χ1n) is 6.25. The number of carbonyl (C=O) groups excluding carboxylic acids is 1. The molecular formula is C13H17ClN2O2. The van der Waals surface area contributed by atoms with E-state index in [0.29, 0.717) is 18.3 Å². The Labute approximate surface area is 112 Å². The number of ether oxygens (including phenoxy) is 1. The average molecular weight is 269 g/mol. The number of aromatic nitrogens is 1. The van der Waals surface area contributed by atoms with Crippen LogP contribution in [-0.2, 0) is 9.53 Å². The third-order valence-electron chi connectivity index (χ3n) is 3.07. The van der Waals surface area contributed by atoms with Gasteiger partial charge >= 0.3 is 5.97 Å². The van der Waals surface area contributed by atoms with Gasteiger partial charge in [-0.3, -0.25) is 4.79 Å². The predicted molar refractivity (Wildman–Crippen MR) is 70.8 cm³/mol. The number of hydrogen-bond donors (Lipinski definition) is 0. The zero-order valence-electron chi connectivity index (χ0n) is 10.4. The van der Waals surface area contributed by atoms with Gasteiger partial charge in [-0.1, -0.05) is 17.7 Å². The number of rotatable bonds is 3. The fourth-order valence-electron chi connectivity index (χ4n) is 2.21. The molecule has 1 unspecified atom stereocenters. The Morgan fingerprint density at radius 3 is 3.17 bits per heavy atom. The van der Waals surface area contributed by atoms with E-state index < -0.39 is 0 Å². The number of anilines is 1. The minimum absolute atomic E-state index is 0.0560. The molecule has 1 atom stereocenters. The van der Waals surface area contributed by atoms with Crippen LogP contribution in [0.5, 0.6) is 0 Å². The summed E-state index contributed by atoms with van der Waals surface area (Å²) in [4.78, 5) is 18.1. The van der Waals surface area contributed by atoms with Crippen LogP contribution in [0.3, 0.4) is 0 Å². The van der Waals surface area contributed by atoms with Gasteiger partial charge in [0.05, 0.1) is 12.5 Å². The maximum Gasteiger partial charge on any atom is 0.310 e. The molecule has 2 heterocycles. The second-order valence-corrected chi connectivity index (χ2v) is 4.74. The van der Waals surface area contributed by atoms with Crippen molar-refractivity contribution in [1.29, 1.82) is 0 Å². The molecule has 5 heteroatoms. The number of piperidine rings is 1. The largest absolute Gasteiger partial charge is 0.466 e. The zero-order chi connectivity index (χ0) is 13.0. The number of hydrogen-bond acceptors (Lipinski definition) is 4. The summed E-state index contributed by atoms with van der Waals surface area (Å²) in [7, 11) is 0. The van der Waals surface area contributed by atoms with Crippen molar-refractivity contribution in [3.63, 3.8) is 0 Å². The molecule has 1 aliphatic heterocycles. The molecule has 98 valence electrons. The van der Waals surface area contributed by atoms with E-state index in [1.54, 1.807) is 6.07 Å². The normalized spacial score (nSPS) is 19.7. The van der Waals surface area contributed by atoms with E-state index in [9.17, 15) is 4.79 Å². The fourth-order valence-corrected chi connectivity index (χ4v) is 2.37. The molecule has 4 nitrogen and oxygen atoms in total. The number of halogens is 1. The van der Waals surface area contributed by atoms with E-state index in [2.05, 4.69) is 9.88 Å². The molecule has 0 radical (unpaired) electrons. The van der Waals surface area contributed by atoms with Crippen LogP contribution in [0.25, 0.3) is 0 Å². The van der Waals surface area contributed by atoms with Gasteiger partial charge in [-0.05, 0) is 31.9 Å². The van der Waals surface area contributed by atoms with E-state index in [4.69, 9.17) is 16.3 Å². The highest BCUT2D eigenvalue weighted by atomic mass is 35.5. The Bertz CT molecular complexity index is 425. The summed E-state index contributed by atoms with van der Waals surface area (Å²) < 4.78 is 5.08. The highest BCUT2D eigenvalue weighted by Gasteiger charge is 2.27. The molecule has 0 spiro atoms. The number of pyridine rings is 1. The van der Waals surface area contributed by atoms with Crippen LogP contribution >= 0.6 is 11.6 Å². The summed E-state index contributed by atoms with van der Waals surface area (Å²) in [6.45, 7) is 3.83. The Balaban J connectivity index is 2.04. The van der Waals surface area contributed by atoms with Crippen molar-refractivity contribution in [2.45, 2.75) is 19.8 Å². The molecule has 1 aliphatic rings. The summed E-state index contributed by atoms with van der Waals surface area (Å²) in [5.41, 5.74) is 0. The molecule has 1 aromatic rings. The summed E-state index contributed by atoms with van der Waals surface area (Å²) in [5.74, 6) is 0.667. The summed E-state index contributed by atoms with van der Waals surface area (Å²) >= 11 is 5.88. The minimum Gasteiger partial charge on any atom is -0.466 e. The summed E-state index contributed by atoms with van der Waals surface area (Å²) in [6.07, 6.45) is 1.85. The molecule has 1 fully saturated rings. The molecule has 0 amide bonds. The van der Waals surface area contributed by atoms with E-state index in [0.717, 1.165) is 25.2 Å². The fraction of sp³-hybridized carbons (Fsp3) is 0.538. The second kappa shape index (κ2) is 6.05. The van der Waals surface area contributed by atoms with Gasteiger partial charge in [0.25, 0.3) is 0 Å². The summed E-state index contributed by atoms with van der Waals surface area (Å²) in [5, 5.41) is 0.478. The lowest BCUT2D eigenvalue weighted by atomic mass is 9.98. The topological polar surface area (TPSA) is 42.4 Å². The number of nitrogens with zero attached hydrogens (tertiary/aromatic N) is 2. The molecule has 0 bridgehead atoms. The van der Waals surface area contributed by atoms with Crippen LogP contribution in [-0.4, -0.2) is 30.6 Å². The van der Waals surface area contributed by atoms with Gasteiger partial charge in [0, 0.05) is 13.1 Å². The molecular weight excluding hydrogens is 252 g/mol. The van der Waals surface area contributed by atoms with Crippen LogP contribution in [0.15, 0.2) is 18.2 Å². The monoisotopic (exact) mass is 268 g/mol. The molecule has 2 rings (SSSR count). The zero-order valence-corrected chi connectivity index (χ0v) is 11.2. The SMILES string of the molecule is CCOC(=O)C1CCCN(c2cccc(Cl)n2)C1. The molecule has 18 heavy (non-hydrogen) atoms. The van der Waals surface area contributed by atoms with Crippen molar-refractivity contribution in [3.05, 3.63) is 23.4 Å². The van der Waals surface area contributed by atoms with Crippen LogP contribution in [0.4, 0.5) is 5.82 Å². The summed E-state index contributed by atoms with van der Waals surface area (Å²) in [6, 6.07) is 5.54. The van der Waals surface area contributed by atoms with Crippen molar-refractivity contribution in [2.75, 3.05) is 24.6 Å². The maximum absolute atomic E-state index is 11.7. The third kappa shape index (κ3) is 3.13. The molecule has 0 saturated carbocycles. The van der Waals surface area contributed by atoms with Gasteiger partial charge in [-0.25, -0.2) is 4.98 Å². The number of carbonyl (C=O) groups is 1. The highest BCUT2D eigenvalue weighted by Crippen LogP contribution is 2.23. The van der Waals surface area contributed by atoms with Crippen molar-refractivity contribution in [3.8, 4) is 0 Å². The second-order valence-electron chi connectivity index (χ2n) is 4.36. The van der Waals surface area contributed by atoms with Crippen molar-refractivity contribution in [2.24, 2.45) is 5.92 Å². The Morgan fingerprint density at radius 2 is 2.44 bits per heavy atom. The lowest BCUT2D eigenvalue weighted by Crippen LogP contribution is -2.39. The van der Waals surface area contributed by atoms with Gasteiger partial charge in [0.15, 0.2) is 0 Å². The molecule has 1 saturated heterocycles. The highest BCUT2D eigenvalue weighted by molar-refractivity contribution is 6.29. The average Bonchev–Trinajstić information content (AvgIpc) is 2.39. The molecule has 0 aromatic carbocycles. The lowest BCUT2D eigenvalue weighted by molar-refractivity contribution is -0.148. The minimum atomic E-state index is -0.107. The van der Waals surface area contributed by atoms with Gasteiger partial charge in [-0.15, -0.1) is 0 Å². The first-order valence-corrected chi connectivity index (χ1v) is 6.62. The third-order valence-corrected chi connectivity index (χ3v) is 3.28. The quantitative estimate of drug-likeness (QED) is 0.624. The standard InChI is InChI=1S/C13H17ClN2O2/c1-2-18-13(17)10-5-4-8-16(9-10)12-7-3-6-11(14)15-12/h3,6-7,10H,2,4-5,8-9H2,1H3. The van der Waals surface area contributed by atoms with Gasteiger partial charge in [0.1, 0.15) is 11.0 Å². The van der Waals surface area contributed by atoms with Crippen molar-refractivity contribution < 1.29 is 9.53 Å². The Hall–Kier alpha value is -1.29. The molecule has 0 N–H and O–H groups in total. The van der Waals surface area contributed by atoms with E-state index in [1.807, 2.05) is 19.1 Å². The van der Waals surface area contributed by atoms with Crippen LogP contribution in [0, 0.1) is 5.92 Å². The smallest absolute Gasteiger partial charge is 0.310 e. The van der Waals surface area contributed by atoms with Crippen molar-refractivity contribution in [1.82, 2.24) is 4.98 Å². The maximum atomic E-state index is 11.7. The van der Waals surface area contributed by atoms with Gasteiger partial charge in [0.2, 0.25) is 0 Å². The predicted octanol–water partition coefficient (Wildman–Crippen LogP) is 2.51. The first kappa shape index (κ1) is 13.1. The van der Waals surface area contributed by atoms with Crippen LogP contribution in [0.1, 0.15) is 19.8 Å². The van der Waals surface area contributed by atoms with Gasteiger partial charge in [-0.2, -0.15) is 0 Å². The van der Waals surface area contributed by atoms with Crippen LogP contribution < -0.4 is 4.90 Å². The molecule has 0 aliphatic carbocycles. The van der Waals surface area contributed by atoms with Gasteiger partial charge < -0.3 is 9.64 Å². The van der Waals surface area contributed by atoms with Crippen LogP contribution in [0.2, 0.25) is 5.15 Å². The lowest BCUT2D eigenvalue weighted by Gasteiger charge is -2.32. The van der Waals surface area contributed by atoms with Crippen molar-refractivity contribution >= 4 is 23.4 Å². The first-order chi connectivity index (χ1) is 8.70. The van der Waals surface area contributed by atoms with E-state index in [-0.39, 0.29) is 11.9 Å². The Kier molecular flexibility index (Phi) is 4.42. The van der Waals surface area contributed by atoms with E-state index >= 15 is 0 Å². The number of esters is 1. The molecule has 1 aromatic heterocycles. The van der Waals surface area contributed by atoms with E-state index in [1.165, 1.54) is 0 Å². The Morgan fingerprint density at radius 1 is 1.61 bits per heavy atom.